The zero-order valence-corrected chi connectivity index (χ0v) is 10.4. The van der Waals surface area contributed by atoms with Crippen LogP contribution in [0.15, 0.2) is 24.3 Å². The first-order chi connectivity index (χ1) is 8.62. The second kappa shape index (κ2) is 5.47. The standard InChI is InChI=1S/C10H9F3O5S/c1-7(14)17-6-8-2-4-9(5-3-8)18-19(15,16)10(11,12)13/h2-5H,6H2,1H3. The van der Waals surface area contributed by atoms with Gasteiger partial charge in [0.15, 0.2) is 0 Å². The maximum atomic E-state index is 12.0. The van der Waals surface area contributed by atoms with Gasteiger partial charge < -0.3 is 8.92 Å². The van der Waals surface area contributed by atoms with Gasteiger partial charge in [-0.2, -0.15) is 21.6 Å². The fourth-order valence-electron chi connectivity index (χ4n) is 1.00. The molecule has 0 fully saturated rings. The molecule has 1 rings (SSSR count). The summed E-state index contributed by atoms with van der Waals surface area (Å²) in [4.78, 5) is 10.5. The van der Waals surface area contributed by atoms with Gasteiger partial charge in [-0.05, 0) is 17.7 Å². The molecular formula is C10H9F3O5S. The van der Waals surface area contributed by atoms with Crippen molar-refractivity contribution in [3.05, 3.63) is 29.8 Å². The topological polar surface area (TPSA) is 69.7 Å². The molecule has 1 aromatic carbocycles. The molecule has 0 aliphatic rings. The van der Waals surface area contributed by atoms with Crippen LogP contribution in [0.25, 0.3) is 0 Å². The first-order valence-electron chi connectivity index (χ1n) is 4.85. The van der Waals surface area contributed by atoms with Crippen LogP contribution in [0.4, 0.5) is 13.2 Å². The number of rotatable bonds is 4. The number of hydrogen-bond acceptors (Lipinski definition) is 5. The molecule has 0 unspecified atom stereocenters. The molecule has 19 heavy (non-hydrogen) atoms. The van der Waals surface area contributed by atoms with E-state index < -0.39 is 27.3 Å². The van der Waals surface area contributed by atoms with Crippen molar-refractivity contribution in [2.75, 3.05) is 0 Å². The summed E-state index contributed by atoms with van der Waals surface area (Å²) in [5.74, 6) is -0.996. The highest BCUT2D eigenvalue weighted by Crippen LogP contribution is 2.26. The lowest BCUT2D eigenvalue weighted by atomic mass is 10.2. The van der Waals surface area contributed by atoms with Crippen molar-refractivity contribution in [1.82, 2.24) is 0 Å². The fraction of sp³-hybridized carbons (Fsp3) is 0.300. The summed E-state index contributed by atoms with van der Waals surface area (Å²) in [5.41, 5.74) is -5.00. The van der Waals surface area contributed by atoms with Gasteiger partial charge in [-0.25, -0.2) is 0 Å². The molecule has 0 bridgehead atoms. The lowest BCUT2D eigenvalue weighted by Crippen LogP contribution is -2.28. The van der Waals surface area contributed by atoms with Crippen LogP contribution in [0, 0.1) is 0 Å². The summed E-state index contributed by atoms with van der Waals surface area (Å²) in [6, 6.07) is 4.62. The molecule has 1 aromatic rings. The van der Waals surface area contributed by atoms with E-state index in [9.17, 15) is 26.4 Å². The summed E-state index contributed by atoms with van der Waals surface area (Å²) >= 11 is 0. The van der Waals surface area contributed by atoms with Gasteiger partial charge in [-0.1, -0.05) is 12.1 Å². The summed E-state index contributed by atoms with van der Waals surface area (Å²) in [7, 11) is -5.67. The molecule has 0 aliphatic heterocycles. The molecule has 0 amide bonds. The first-order valence-corrected chi connectivity index (χ1v) is 6.26. The zero-order valence-electron chi connectivity index (χ0n) is 9.60. The Hall–Kier alpha value is -1.77. The van der Waals surface area contributed by atoms with E-state index in [0.717, 1.165) is 12.1 Å². The number of carbonyl (C=O) groups is 1. The fourth-order valence-corrected chi connectivity index (χ4v) is 1.46. The molecule has 0 heterocycles. The van der Waals surface area contributed by atoms with Crippen LogP contribution in [0.3, 0.4) is 0 Å². The van der Waals surface area contributed by atoms with Gasteiger partial charge in [0.05, 0.1) is 0 Å². The summed E-state index contributed by atoms with van der Waals surface area (Å²) in [6.45, 7) is 1.13. The minimum Gasteiger partial charge on any atom is -0.461 e. The first kappa shape index (κ1) is 15.3. The molecule has 0 aliphatic carbocycles. The van der Waals surface area contributed by atoms with Crippen LogP contribution in [0.5, 0.6) is 5.75 Å². The van der Waals surface area contributed by atoms with Gasteiger partial charge in [0.25, 0.3) is 0 Å². The van der Waals surface area contributed by atoms with Gasteiger partial charge in [0, 0.05) is 6.92 Å². The van der Waals surface area contributed by atoms with E-state index in [1.807, 2.05) is 0 Å². The number of esters is 1. The quantitative estimate of drug-likeness (QED) is 0.483. The lowest BCUT2D eigenvalue weighted by molar-refractivity contribution is -0.142. The Bertz CT molecular complexity index is 548. The smallest absolute Gasteiger partial charge is 0.461 e. The number of benzene rings is 1. The minimum atomic E-state index is -5.67. The van der Waals surface area contributed by atoms with Crippen molar-refractivity contribution in [2.24, 2.45) is 0 Å². The predicted octanol–water partition coefficient (Wildman–Crippen LogP) is 1.98. The van der Waals surface area contributed by atoms with Crippen LogP contribution < -0.4 is 4.18 Å². The van der Waals surface area contributed by atoms with Gasteiger partial charge in [0.1, 0.15) is 12.4 Å². The lowest BCUT2D eigenvalue weighted by Gasteiger charge is -2.09. The zero-order chi connectivity index (χ0) is 14.7. The van der Waals surface area contributed by atoms with Crippen molar-refractivity contribution in [3.63, 3.8) is 0 Å². The van der Waals surface area contributed by atoms with E-state index in [-0.39, 0.29) is 6.61 Å². The number of hydrogen-bond donors (Lipinski definition) is 0. The van der Waals surface area contributed by atoms with E-state index in [1.54, 1.807) is 0 Å². The molecule has 0 aromatic heterocycles. The maximum Gasteiger partial charge on any atom is 0.534 e. The monoisotopic (exact) mass is 298 g/mol. The van der Waals surface area contributed by atoms with Crippen LogP contribution in [0.1, 0.15) is 12.5 Å². The van der Waals surface area contributed by atoms with Crippen LogP contribution in [0.2, 0.25) is 0 Å². The molecule has 0 saturated carbocycles. The van der Waals surface area contributed by atoms with E-state index in [2.05, 4.69) is 8.92 Å². The predicted molar refractivity (Wildman–Crippen MR) is 57.5 cm³/mol. The Kier molecular flexibility index (Phi) is 4.40. The van der Waals surface area contributed by atoms with Gasteiger partial charge >= 0.3 is 21.6 Å². The third-order valence-corrected chi connectivity index (χ3v) is 2.83. The molecule has 0 radical (unpaired) electrons. The van der Waals surface area contributed by atoms with Crippen molar-refractivity contribution >= 4 is 16.1 Å². The van der Waals surface area contributed by atoms with Gasteiger partial charge in [-0.3, -0.25) is 4.79 Å². The highest BCUT2D eigenvalue weighted by molar-refractivity contribution is 7.87. The van der Waals surface area contributed by atoms with Crippen LogP contribution >= 0.6 is 0 Å². The van der Waals surface area contributed by atoms with Crippen LogP contribution in [-0.4, -0.2) is 19.9 Å². The highest BCUT2D eigenvalue weighted by Gasteiger charge is 2.48. The summed E-state index contributed by atoms with van der Waals surface area (Å²) in [5, 5.41) is 0. The molecule has 106 valence electrons. The third-order valence-electron chi connectivity index (χ3n) is 1.85. The normalized spacial score (nSPS) is 12.0. The van der Waals surface area contributed by atoms with E-state index >= 15 is 0 Å². The second-order valence-corrected chi connectivity index (χ2v) is 4.95. The van der Waals surface area contributed by atoms with Crippen LogP contribution in [-0.2, 0) is 26.3 Å². The Balaban J connectivity index is 2.75. The van der Waals surface area contributed by atoms with Crippen molar-refractivity contribution in [2.45, 2.75) is 19.0 Å². The average molecular weight is 298 g/mol. The molecule has 0 atom stereocenters. The Morgan fingerprint density at radius 3 is 2.16 bits per heavy atom. The SMILES string of the molecule is CC(=O)OCc1ccc(OS(=O)(=O)C(F)(F)F)cc1. The molecular weight excluding hydrogens is 289 g/mol. The maximum absolute atomic E-state index is 12.0. The molecule has 0 spiro atoms. The Morgan fingerprint density at radius 1 is 1.21 bits per heavy atom. The Morgan fingerprint density at radius 2 is 1.74 bits per heavy atom. The second-order valence-electron chi connectivity index (χ2n) is 3.41. The van der Waals surface area contributed by atoms with Crippen molar-refractivity contribution in [1.29, 1.82) is 0 Å². The van der Waals surface area contributed by atoms with Crippen molar-refractivity contribution in [3.8, 4) is 5.75 Å². The molecule has 0 N–H and O–H groups in total. The van der Waals surface area contributed by atoms with Gasteiger partial charge in [-0.15, -0.1) is 0 Å². The number of alkyl halides is 3. The number of carbonyl (C=O) groups excluding carboxylic acids is 1. The number of halogens is 3. The van der Waals surface area contributed by atoms with Gasteiger partial charge in [0.2, 0.25) is 0 Å². The number of ether oxygens (including phenoxy) is 1. The Labute approximate surface area is 107 Å². The molecule has 5 nitrogen and oxygen atoms in total. The third kappa shape index (κ3) is 4.43. The van der Waals surface area contributed by atoms with Crippen molar-refractivity contribution < 1.29 is 35.3 Å². The highest BCUT2D eigenvalue weighted by atomic mass is 32.2. The van der Waals surface area contributed by atoms with E-state index in [0.29, 0.717) is 5.56 Å². The van der Waals surface area contributed by atoms with E-state index in [1.165, 1.54) is 19.1 Å². The molecule has 0 saturated heterocycles. The van der Waals surface area contributed by atoms with E-state index in [4.69, 9.17) is 0 Å². The largest absolute Gasteiger partial charge is 0.534 e. The molecule has 9 heteroatoms. The summed E-state index contributed by atoms with van der Waals surface area (Å²) < 4.78 is 66.1. The summed E-state index contributed by atoms with van der Waals surface area (Å²) in [6.07, 6.45) is 0. The average Bonchev–Trinajstić information content (AvgIpc) is 2.26. The minimum absolute atomic E-state index is 0.0678.